The SMILES string of the molecule is c1cc([C@@H]2CCCN2Cc2nc(C3CC3)no2)cs1. The fraction of sp³-hybridized carbons (Fsp3) is 0.571. The molecule has 2 aromatic rings. The van der Waals surface area contributed by atoms with E-state index in [2.05, 4.69) is 31.9 Å². The molecule has 0 radical (unpaired) electrons. The number of likely N-dealkylation sites (tertiary alicyclic amines) is 1. The van der Waals surface area contributed by atoms with Gasteiger partial charge in [-0.2, -0.15) is 16.3 Å². The Bertz CT molecular complexity index is 547. The van der Waals surface area contributed by atoms with Gasteiger partial charge in [0, 0.05) is 12.0 Å². The molecule has 2 aliphatic rings. The van der Waals surface area contributed by atoms with Gasteiger partial charge in [-0.15, -0.1) is 0 Å². The number of aromatic nitrogens is 2. The lowest BCUT2D eigenvalue weighted by Crippen LogP contribution is -2.22. The predicted octanol–water partition coefficient (Wildman–Crippen LogP) is 3.35. The minimum absolute atomic E-state index is 0.530. The molecule has 3 heterocycles. The maximum atomic E-state index is 5.39. The Labute approximate surface area is 116 Å². The zero-order chi connectivity index (χ0) is 12.7. The van der Waals surface area contributed by atoms with E-state index in [1.165, 1.54) is 31.2 Å². The highest BCUT2D eigenvalue weighted by Gasteiger charge is 2.31. The standard InChI is InChI=1S/C14H17N3OS/c1-2-12(11-5-7-19-9-11)17(6-1)8-13-15-14(16-18-13)10-3-4-10/h5,7,9-10,12H,1-4,6,8H2/t12-/m0/s1. The van der Waals surface area contributed by atoms with Crippen LogP contribution in [-0.4, -0.2) is 21.6 Å². The molecule has 0 N–H and O–H groups in total. The highest BCUT2D eigenvalue weighted by molar-refractivity contribution is 7.07. The lowest BCUT2D eigenvalue weighted by atomic mass is 10.1. The first-order valence-electron chi connectivity index (χ1n) is 6.99. The van der Waals surface area contributed by atoms with E-state index >= 15 is 0 Å². The van der Waals surface area contributed by atoms with Crippen LogP contribution in [0.4, 0.5) is 0 Å². The Hall–Kier alpha value is -1.20. The van der Waals surface area contributed by atoms with E-state index in [9.17, 15) is 0 Å². The zero-order valence-corrected chi connectivity index (χ0v) is 11.6. The topological polar surface area (TPSA) is 42.2 Å². The molecule has 0 spiro atoms. The van der Waals surface area contributed by atoms with Gasteiger partial charge >= 0.3 is 0 Å². The Balaban J connectivity index is 1.48. The van der Waals surface area contributed by atoms with E-state index in [0.717, 1.165) is 24.8 Å². The average molecular weight is 275 g/mol. The van der Waals surface area contributed by atoms with Crippen LogP contribution in [0.5, 0.6) is 0 Å². The van der Waals surface area contributed by atoms with Gasteiger partial charge in [0.25, 0.3) is 0 Å². The molecule has 19 heavy (non-hydrogen) atoms. The molecule has 1 aliphatic carbocycles. The molecule has 0 aromatic carbocycles. The molecule has 2 fully saturated rings. The molecule has 0 unspecified atom stereocenters. The van der Waals surface area contributed by atoms with Crippen molar-refractivity contribution in [2.24, 2.45) is 0 Å². The first-order valence-corrected chi connectivity index (χ1v) is 7.93. The normalized spacial score (nSPS) is 24.1. The van der Waals surface area contributed by atoms with Crippen molar-refractivity contribution in [1.29, 1.82) is 0 Å². The van der Waals surface area contributed by atoms with E-state index in [1.54, 1.807) is 11.3 Å². The van der Waals surface area contributed by atoms with Crippen LogP contribution in [0.2, 0.25) is 0 Å². The first kappa shape index (κ1) is 11.6. The van der Waals surface area contributed by atoms with Crippen molar-refractivity contribution in [3.05, 3.63) is 34.1 Å². The molecule has 0 amide bonds. The fourth-order valence-corrected chi connectivity index (χ4v) is 3.58. The van der Waals surface area contributed by atoms with E-state index in [1.807, 2.05) is 0 Å². The second-order valence-corrected chi connectivity index (χ2v) is 6.29. The molecular weight excluding hydrogens is 258 g/mol. The Morgan fingerprint density at radius 1 is 1.37 bits per heavy atom. The predicted molar refractivity (Wildman–Crippen MR) is 73.0 cm³/mol. The number of hydrogen-bond acceptors (Lipinski definition) is 5. The van der Waals surface area contributed by atoms with Crippen LogP contribution < -0.4 is 0 Å². The summed E-state index contributed by atoms with van der Waals surface area (Å²) in [5.74, 6) is 2.27. The molecule has 100 valence electrons. The van der Waals surface area contributed by atoms with Crippen molar-refractivity contribution < 1.29 is 4.52 Å². The molecule has 1 aliphatic heterocycles. The first-order chi connectivity index (χ1) is 9.40. The van der Waals surface area contributed by atoms with Crippen LogP contribution in [0.15, 0.2) is 21.3 Å². The third-order valence-corrected chi connectivity index (χ3v) is 4.76. The number of nitrogens with zero attached hydrogens (tertiary/aromatic N) is 3. The smallest absolute Gasteiger partial charge is 0.240 e. The van der Waals surface area contributed by atoms with Gasteiger partial charge in [-0.25, -0.2) is 0 Å². The lowest BCUT2D eigenvalue weighted by Gasteiger charge is -2.21. The van der Waals surface area contributed by atoms with Gasteiger partial charge in [0.2, 0.25) is 5.89 Å². The maximum Gasteiger partial charge on any atom is 0.240 e. The highest BCUT2D eigenvalue weighted by Crippen LogP contribution is 2.38. The van der Waals surface area contributed by atoms with Crippen molar-refractivity contribution in [1.82, 2.24) is 15.0 Å². The number of hydrogen-bond donors (Lipinski definition) is 0. The van der Waals surface area contributed by atoms with Gasteiger partial charge in [-0.3, -0.25) is 4.90 Å². The number of thiophene rings is 1. The van der Waals surface area contributed by atoms with Crippen molar-refractivity contribution >= 4 is 11.3 Å². The van der Waals surface area contributed by atoms with Crippen molar-refractivity contribution in [2.45, 2.75) is 44.2 Å². The zero-order valence-electron chi connectivity index (χ0n) is 10.8. The van der Waals surface area contributed by atoms with Crippen LogP contribution in [-0.2, 0) is 6.54 Å². The molecular formula is C14H17N3OS. The van der Waals surface area contributed by atoms with E-state index < -0.39 is 0 Å². The quantitative estimate of drug-likeness (QED) is 0.858. The molecule has 4 rings (SSSR count). The minimum atomic E-state index is 0.530. The van der Waals surface area contributed by atoms with Gasteiger partial charge in [0.15, 0.2) is 5.82 Å². The molecule has 2 aromatic heterocycles. The largest absolute Gasteiger partial charge is 0.338 e. The van der Waals surface area contributed by atoms with Crippen molar-refractivity contribution in [2.75, 3.05) is 6.54 Å². The molecule has 1 saturated heterocycles. The van der Waals surface area contributed by atoms with Crippen LogP contribution in [0.3, 0.4) is 0 Å². The van der Waals surface area contributed by atoms with E-state index in [-0.39, 0.29) is 0 Å². The van der Waals surface area contributed by atoms with Crippen LogP contribution in [0, 0.1) is 0 Å². The van der Waals surface area contributed by atoms with Crippen molar-refractivity contribution in [3.63, 3.8) is 0 Å². The van der Waals surface area contributed by atoms with E-state index in [0.29, 0.717) is 12.0 Å². The molecule has 5 heteroatoms. The van der Waals surface area contributed by atoms with Crippen molar-refractivity contribution in [3.8, 4) is 0 Å². The van der Waals surface area contributed by atoms with E-state index in [4.69, 9.17) is 4.52 Å². The Morgan fingerprint density at radius 2 is 2.32 bits per heavy atom. The Kier molecular flexibility index (Phi) is 2.89. The summed E-state index contributed by atoms with van der Waals surface area (Å²) in [7, 11) is 0. The maximum absolute atomic E-state index is 5.39. The molecule has 1 saturated carbocycles. The molecule has 0 bridgehead atoms. The second-order valence-electron chi connectivity index (χ2n) is 5.51. The average Bonchev–Trinajstić information content (AvgIpc) is 2.89. The second kappa shape index (κ2) is 4.72. The molecule has 1 atom stereocenters. The summed E-state index contributed by atoms with van der Waals surface area (Å²) in [6.07, 6.45) is 4.94. The monoisotopic (exact) mass is 275 g/mol. The molecule has 4 nitrogen and oxygen atoms in total. The summed E-state index contributed by atoms with van der Waals surface area (Å²) in [6.45, 7) is 1.92. The summed E-state index contributed by atoms with van der Waals surface area (Å²) in [5.41, 5.74) is 1.43. The van der Waals surface area contributed by atoms with Gasteiger partial charge in [-0.1, -0.05) is 5.16 Å². The summed E-state index contributed by atoms with van der Waals surface area (Å²) < 4.78 is 5.39. The summed E-state index contributed by atoms with van der Waals surface area (Å²) in [6, 6.07) is 2.76. The summed E-state index contributed by atoms with van der Waals surface area (Å²) in [4.78, 5) is 7.00. The van der Waals surface area contributed by atoms with Crippen LogP contribution in [0.1, 0.15) is 54.9 Å². The fourth-order valence-electron chi connectivity index (χ4n) is 2.87. The lowest BCUT2D eigenvalue weighted by molar-refractivity contribution is 0.212. The summed E-state index contributed by atoms with van der Waals surface area (Å²) >= 11 is 1.77. The number of rotatable bonds is 4. The van der Waals surface area contributed by atoms with Crippen LogP contribution >= 0.6 is 11.3 Å². The third kappa shape index (κ3) is 2.32. The highest BCUT2D eigenvalue weighted by atomic mass is 32.1. The van der Waals surface area contributed by atoms with Gasteiger partial charge in [0.05, 0.1) is 6.54 Å². The van der Waals surface area contributed by atoms with Crippen LogP contribution in [0.25, 0.3) is 0 Å². The van der Waals surface area contributed by atoms with Gasteiger partial charge in [0.1, 0.15) is 0 Å². The minimum Gasteiger partial charge on any atom is -0.338 e. The van der Waals surface area contributed by atoms with Gasteiger partial charge in [-0.05, 0) is 54.6 Å². The third-order valence-electron chi connectivity index (χ3n) is 4.06. The Morgan fingerprint density at radius 3 is 3.11 bits per heavy atom. The van der Waals surface area contributed by atoms with Gasteiger partial charge < -0.3 is 4.52 Å². The summed E-state index contributed by atoms with van der Waals surface area (Å²) in [5, 5.41) is 8.51.